The molecule has 0 bridgehead atoms. The molecule has 1 aliphatic heterocycles. The van der Waals surface area contributed by atoms with Crippen LogP contribution in [-0.2, 0) is 10.3 Å². The third kappa shape index (κ3) is 3.14. The maximum absolute atomic E-state index is 13.8. The van der Waals surface area contributed by atoms with Gasteiger partial charge >= 0.3 is 12.3 Å². The highest BCUT2D eigenvalue weighted by molar-refractivity contribution is 5.89. The molecule has 124 valence electrons. The third-order valence-corrected chi connectivity index (χ3v) is 3.51. The summed E-state index contributed by atoms with van der Waals surface area (Å²) < 4.78 is 46.2. The number of hydrogen-bond acceptors (Lipinski definition) is 2. The van der Waals surface area contributed by atoms with Crippen LogP contribution in [0.4, 0.5) is 23.7 Å². The molecule has 1 amide bonds. The lowest BCUT2D eigenvalue weighted by Gasteiger charge is -2.36. The molecule has 0 aliphatic carbocycles. The van der Waals surface area contributed by atoms with Gasteiger partial charge in [-0.2, -0.15) is 13.2 Å². The number of amides is 1. The first-order chi connectivity index (χ1) is 10.6. The Hall–Kier alpha value is -2.16. The molecule has 1 aromatic carbocycles. The van der Waals surface area contributed by atoms with Crippen molar-refractivity contribution in [3.63, 3.8) is 0 Å². The fourth-order valence-corrected chi connectivity index (χ4v) is 2.27. The largest absolute Gasteiger partial charge is 0.445 e. The number of rotatable bonds is 1. The van der Waals surface area contributed by atoms with E-state index in [4.69, 9.17) is 4.74 Å². The van der Waals surface area contributed by atoms with Crippen molar-refractivity contribution in [1.82, 2.24) is 0 Å². The van der Waals surface area contributed by atoms with Crippen molar-refractivity contribution in [2.45, 2.75) is 45.4 Å². The summed E-state index contributed by atoms with van der Waals surface area (Å²) in [6.07, 6.45) is -6.01. The Balaban J connectivity index is 2.76. The van der Waals surface area contributed by atoms with Crippen molar-refractivity contribution in [2.24, 2.45) is 5.92 Å². The molecular weight excluding hydrogens is 307 g/mol. The highest BCUT2D eigenvalue weighted by Crippen LogP contribution is 2.47. The summed E-state index contributed by atoms with van der Waals surface area (Å²) in [7, 11) is 0. The number of anilines is 1. The van der Waals surface area contributed by atoms with Crippen LogP contribution >= 0.6 is 0 Å². The summed E-state index contributed by atoms with van der Waals surface area (Å²) in [5.41, 5.74) is -2.34. The smallest absolute Gasteiger partial charge is 0.415 e. The van der Waals surface area contributed by atoms with Gasteiger partial charge in [-0.25, -0.2) is 4.79 Å². The summed E-state index contributed by atoms with van der Waals surface area (Å²) in [4.78, 5) is 11.7. The fraction of sp³-hybridized carbons (Fsp3) is 0.471. The van der Waals surface area contributed by atoms with E-state index in [-0.39, 0.29) is 23.1 Å². The first kappa shape index (κ1) is 17.2. The minimum absolute atomic E-state index is 0.0296. The maximum atomic E-state index is 13.8. The van der Waals surface area contributed by atoms with Crippen molar-refractivity contribution < 1.29 is 22.7 Å². The van der Waals surface area contributed by atoms with Gasteiger partial charge in [-0.05, 0) is 29.5 Å². The number of alkyl halides is 3. The number of halogens is 3. The van der Waals surface area contributed by atoms with E-state index < -0.39 is 17.9 Å². The second-order valence-corrected chi connectivity index (χ2v) is 6.08. The molecule has 23 heavy (non-hydrogen) atoms. The quantitative estimate of drug-likeness (QED) is 0.754. The lowest BCUT2D eigenvalue weighted by Crippen LogP contribution is -2.49. The molecule has 1 atom stereocenters. The topological polar surface area (TPSA) is 38.3 Å². The van der Waals surface area contributed by atoms with E-state index in [1.54, 1.807) is 19.9 Å². The van der Waals surface area contributed by atoms with Crippen LogP contribution in [0.5, 0.6) is 0 Å². The number of ether oxygens (including phenoxy) is 1. The Kier molecular flexibility index (Phi) is 4.34. The molecule has 0 radical (unpaired) electrons. The Morgan fingerprint density at radius 2 is 1.87 bits per heavy atom. The standard InChI is InChI=1S/C17H18F3NO2/c1-10(2)7-8-16(17(18,19)20)13-9-12(11(3)4)5-6-14(13)21-15(22)23-16/h5-6,9-11H,1-4H3,(H,21,22). The molecule has 1 aromatic rings. The van der Waals surface area contributed by atoms with Crippen LogP contribution in [0.1, 0.15) is 44.7 Å². The zero-order chi connectivity index (χ0) is 17.4. The minimum atomic E-state index is -4.85. The normalized spacial score (nSPS) is 20.5. The molecule has 3 nitrogen and oxygen atoms in total. The SMILES string of the molecule is CC(C)C#CC1(C(F)(F)F)OC(=O)Nc2ccc(C(C)C)cc21. The molecule has 0 saturated carbocycles. The average Bonchev–Trinajstić information content (AvgIpc) is 2.42. The van der Waals surface area contributed by atoms with Crippen molar-refractivity contribution in [3.05, 3.63) is 29.3 Å². The van der Waals surface area contributed by atoms with Crippen LogP contribution in [0.15, 0.2) is 18.2 Å². The lowest BCUT2D eigenvalue weighted by molar-refractivity contribution is -0.239. The van der Waals surface area contributed by atoms with Crippen LogP contribution in [-0.4, -0.2) is 12.3 Å². The molecule has 0 aromatic heterocycles. The monoisotopic (exact) mass is 325 g/mol. The van der Waals surface area contributed by atoms with Crippen LogP contribution in [0.25, 0.3) is 0 Å². The number of benzene rings is 1. The number of hydrogen-bond donors (Lipinski definition) is 1. The molecule has 1 heterocycles. The second-order valence-electron chi connectivity index (χ2n) is 6.08. The Labute approximate surface area is 133 Å². The number of carbonyl (C=O) groups excluding carboxylic acids is 1. The average molecular weight is 325 g/mol. The Morgan fingerprint density at radius 1 is 1.22 bits per heavy atom. The minimum Gasteiger partial charge on any atom is -0.415 e. The van der Waals surface area contributed by atoms with Gasteiger partial charge in [0.15, 0.2) is 0 Å². The summed E-state index contributed by atoms with van der Waals surface area (Å²) >= 11 is 0. The van der Waals surface area contributed by atoms with Gasteiger partial charge in [0.2, 0.25) is 0 Å². The first-order valence-corrected chi connectivity index (χ1v) is 7.30. The highest BCUT2D eigenvalue weighted by atomic mass is 19.4. The van der Waals surface area contributed by atoms with E-state index in [2.05, 4.69) is 17.2 Å². The van der Waals surface area contributed by atoms with E-state index in [1.165, 1.54) is 12.1 Å². The van der Waals surface area contributed by atoms with Gasteiger partial charge in [0.25, 0.3) is 5.60 Å². The van der Waals surface area contributed by atoms with E-state index in [9.17, 15) is 18.0 Å². The molecule has 2 rings (SSSR count). The van der Waals surface area contributed by atoms with E-state index in [0.29, 0.717) is 5.56 Å². The second kappa shape index (κ2) is 5.80. The fourth-order valence-electron chi connectivity index (χ4n) is 2.27. The molecule has 1 unspecified atom stereocenters. The third-order valence-electron chi connectivity index (χ3n) is 3.51. The van der Waals surface area contributed by atoms with Gasteiger partial charge in [-0.15, -0.1) is 0 Å². The molecule has 6 heteroatoms. The van der Waals surface area contributed by atoms with Gasteiger partial charge < -0.3 is 4.74 Å². The van der Waals surface area contributed by atoms with Gasteiger partial charge in [0.05, 0.1) is 5.69 Å². The Morgan fingerprint density at radius 3 is 2.39 bits per heavy atom. The molecular formula is C17H18F3NO2. The van der Waals surface area contributed by atoms with E-state index in [0.717, 1.165) is 0 Å². The van der Waals surface area contributed by atoms with Crippen LogP contribution in [0, 0.1) is 17.8 Å². The lowest BCUT2D eigenvalue weighted by atomic mass is 9.87. The zero-order valence-corrected chi connectivity index (χ0v) is 13.3. The molecule has 0 saturated heterocycles. The van der Waals surface area contributed by atoms with Crippen molar-refractivity contribution in [2.75, 3.05) is 5.32 Å². The van der Waals surface area contributed by atoms with Gasteiger partial charge in [0.1, 0.15) is 0 Å². The summed E-state index contributed by atoms with van der Waals surface area (Å²) in [6.45, 7) is 7.09. The first-order valence-electron chi connectivity index (χ1n) is 7.30. The predicted molar refractivity (Wildman–Crippen MR) is 81.0 cm³/mol. The molecule has 1 N–H and O–H groups in total. The number of nitrogens with one attached hydrogen (secondary N) is 1. The summed E-state index contributed by atoms with van der Waals surface area (Å²) in [5, 5.41) is 2.31. The number of cyclic esters (lactones) is 1. The van der Waals surface area contributed by atoms with Crippen LogP contribution in [0.3, 0.4) is 0 Å². The summed E-state index contributed by atoms with van der Waals surface area (Å²) in [6, 6.07) is 4.55. The molecule has 0 fully saturated rings. The van der Waals surface area contributed by atoms with E-state index >= 15 is 0 Å². The molecule has 1 aliphatic rings. The van der Waals surface area contributed by atoms with Crippen LogP contribution in [0.2, 0.25) is 0 Å². The summed E-state index contributed by atoms with van der Waals surface area (Å²) in [5.74, 6) is 4.40. The predicted octanol–water partition coefficient (Wildman–Crippen LogP) is 4.79. The highest BCUT2D eigenvalue weighted by Gasteiger charge is 2.62. The van der Waals surface area contributed by atoms with Gasteiger partial charge in [0, 0.05) is 11.5 Å². The van der Waals surface area contributed by atoms with Gasteiger partial charge in [-0.3, -0.25) is 5.32 Å². The number of carbonyl (C=O) groups is 1. The van der Waals surface area contributed by atoms with E-state index in [1.807, 2.05) is 13.8 Å². The molecule has 0 spiro atoms. The zero-order valence-electron chi connectivity index (χ0n) is 13.3. The van der Waals surface area contributed by atoms with Crippen LogP contribution < -0.4 is 5.32 Å². The van der Waals surface area contributed by atoms with Crippen molar-refractivity contribution in [1.29, 1.82) is 0 Å². The maximum Gasteiger partial charge on any atom is 0.445 e. The Bertz CT molecular complexity index is 683. The number of fused-ring (bicyclic) bond motifs is 1. The van der Waals surface area contributed by atoms with Gasteiger partial charge in [-0.1, -0.05) is 39.7 Å². The van der Waals surface area contributed by atoms with Crippen molar-refractivity contribution in [3.8, 4) is 11.8 Å². The van der Waals surface area contributed by atoms with Crippen molar-refractivity contribution >= 4 is 11.8 Å².